The molecule has 0 atom stereocenters. The molecule has 4 nitrogen and oxygen atoms in total. The number of methoxy groups -OCH3 is 1. The lowest BCUT2D eigenvalue weighted by molar-refractivity contribution is 0.0697. The van der Waals surface area contributed by atoms with Crippen LogP contribution in [0.25, 0.3) is 11.1 Å². The minimum atomic E-state index is -0.946. The van der Waals surface area contributed by atoms with E-state index in [9.17, 15) is 4.79 Å². The summed E-state index contributed by atoms with van der Waals surface area (Å²) in [5.74, 6) is 0.329. The third-order valence-electron chi connectivity index (χ3n) is 3.39. The van der Waals surface area contributed by atoms with E-state index in [-0.39, 0.29) is 5.56 Å². The first-order valence-electron chi connectivity index (χ1n) is 7.30. The normalized spacial score (nSPS) is 10.2. The van der Waals surface area contributed by atoms with Gasteiger partial charge in [0.05, 0.1) is 19.3 Å². The SMILES string of the molecule is C=C(C)CCOc1ccc(-c2cccc(C(=O)O)c2)cc1OC. The number of hydrogen-bond acceptors (Lipinski definition) is 3. The summed E-state index contributed by atoms with van der Waals surface area (Å²) in [6.45, 7) is 6.34. The van der Waals surface area contributed by atoms with Gasteiger partial charge in [-0.25, -0.2) is 4.79 Å². The van der Waals surface area contributed by atoms with Gasteiger partial charge < -0.3 is 14.6 Å². The highest BCUT2D eigenvalue weighted by Crippen LogP contribution is 2.33. The molecule has 4 heteroatoms. The van der Waals surface area contributed by atoms with E-state index >= 15 is 0 Å². The van der Waals surface area contributed by atoms with Crippen LogP contribution in [0.1, 0.15) is 23.7 Å². The van der Waals surface area contributed by atoms with Gasteiger partial charge in [0.1, 0.15) is 0 Å². The molecule has 0 amide bonds. The van der Waals surface area contributed by atoms with Crippen LogP contribution in [0.15, 0.2) is 54.6 Å². The number of hydrogen-bond donors (Lipinski definition) is 1. The summed E-state index contributed by atoms with van der Waals surface area (Å²) in [4.78, 5) is 11.1. The number of rotatable bonds is 7. The van der Waals surface area contributed by atoms with Crippen molar-refractivity contribution in [1.82, 2.24) is 0 Å². The van der Waals surface area contributed by atoms with Gasteiger partial charge in [-0.05, 0) is 42.3 Å². The van der Waals surface area contributed by atoms with E-state index in [0.717, 1.165) is 23.1 Å². The van der Waals surface area contributed by atoms with E-state index in [1.54, 1.807) is 25.3 Å². The van der Waals surface area contributed by atoms with Crippen LogP contribution in [0, 0.1) is 0 Å². The number of carboxylic acid groups (broad SMARTS) is 1. The Hall–Kier alpha value is -2.75. The second-order valence-corrected chi connectivity index (χ2v) is 5.31. The van der Waals surface area contributed by atoms with E-state index < -0.39 is 5.97 Å². The highest BCUT2D eigenvalue weighted by Gasteiger charge is 2.09. The number of ether oxygens (including phenoxy) is 2. The Morgan fingerprint density at radius 1 is 1.13 bits per heavy atom. The van der Waals surface area contributed by atoms with Gasteiger partial charge in [0.2, 0.25) is 0 Å². The summed E-state index contributed by atoms with van der Waals surface area (Å²) in [5, 5.41) is 9.09. The average molecular weight is 312 g/mol. The molecule has 1 N–H and O–H groups in total. The van der Waals surface area contributed by atoms with Gasteiger partial charge in [0, 0.05) is 6.42 Å². The molecule has 0 aliphatic rings. The Morgan fingerprint density at radius 3 is 2.52 bits per heavy atom. The number of benzene rings is 2. The van der Waals surface area contributed by atoms with Crippen LogP contribution < -0.4 is 9.47 Å². The monoisotopic (exact) mass is 312 g/mol. The van der Waals surface area contributed by atoms with E-state index in [2.05, 4.69) is 6.58 Å². The van der Waals surface area contributed by atoms with Crippen molar-refractivity contribution in [1.29, 1.82) is 0 Å². The van der Waals surface area contributed by atoms with Gasteiger partial charge in [-0.3, -0.25) is 0 Å². The smallest absolute Gasteiger partial charge is 0.335 e. The van der Waals surface area contributed by atoms with E-state index in [4.69, 9.17) is 14.6 Å². The minimum absolute atomic E-state index is 0.253. The lowest BCUT2D eigenvalue weighted by atomic mass is 10.0. The molecule has 0 aliphatic heterocycles. The van der Waals surface area contributed by atoms with Crippen molar-refractivity contribution in [2.24, 2.45) is 0 Å². The zero-order valence-electron chi connectivity index (χ0n) is 13.3. The third kappa shape index (κ3) is 4.36. The Morgan fingerprint density at radius 2 is 1.87 bits per heavy atom. The lowest BCUT2D eigenvalue weighted by Gasteiger charge is -2.12. The second kappa shape index (κ2) is 7.49. The topological polar surface area (TPSA) is 55.8 Å². The molecule has 23 heavy (non-hydrogen) atoms. The molecule has 0 saturated carbocycles. The second-order valence-electron chi connectivity index (χ2n) is 5.31. The minimum Gasteiger partial charge on any atom is -0.493 e. The number of carbonyl (C=O) groups is 1. The molecule has 0 aliphatic carbocycles. The maximum atomic E-state index is 11.1. The van der Waals surface area contributed by atoms with E-state index in [1.807, 2.05) is 31.2 Å². The van der Waals surface area contributed by atoms with Gasteiger partial charge in [0.25, 0.3) is 0 Å². The first-order valence-corrected chi connectivity index (χ1v) is 7.30. The maximum Gasteiger partial charge on any atom is 0.335 e. The van der Waals surface area contributed by atoms with Crippen molar-refractivity contribution >= 4 is 5.97 Å². The molecule has 0 fully saturated rings. The summed E-state index contributed by atoms with van der Waals surface area (Å²) < 4.78 is 11.1. The zero-order chi connectivity index (χ0) is 16.8. The van der Waals surface area contributed by atoms with Gasteiger partial charge in [0.15, 0.2) is 11.5 Å². The van der Waals surface area contributed by atoms with E-state index in [1.165, 1.54) is 0 Å². The highest BCUT2D eigenvalue weighted by atomic mass is 16.5. The fourth-order valence-electron chi connectivity index (χ4n) is 2.13. The van der Waals surface area contributed by atoms with E-state index in [0.29, 0.717) is 18.1 Å². The number of aromatic carboxylic acids is 1. The largest absolute Gasteiger partial charge is 0.493 e. The quantitative estimate of drug-likeness (QED) is 0.770. The molecule has 0 saturated heterocycles. The Labute approximate surface area is 136 Å². The van der Waals surface area contributed by atoms with Gasteiger partial charge in [-0.15, -0.1) is 6.58 Å². The molecule has 0 aromatic heterocycles. The Balaban J connectivity index is 2.26. The highest BCUT2D eigenvalue weighted by molar-refractivity contribution is 5.89. The van der Waals surface area contributed by atoms with Crippen LogP contribution in [-0.4, -0.2) is 24.8 Å². The molecule has 0 unspecified atom stereocenters. The van der Waals surface area contributed by atoms with Gasteiger partial charge in [-0.2, -0.15) is 0 Å². The maximum absolute atomic E-state index is 11.1. The van der Waals surface area contributed by atoms with Crippen LogP contribution in [0.4, 0.5) is 0 Å². The summed E-state index contributed by atoms with van der Waals surface area (Å²) in [6, 6.07) is 12.4. The molecule has 120 valence electrons. The van der Waals surface area contributed by atoms with Crippen molar-refractivity contribution < 1.29 is 19.4 Å². The van der Waals surface area contributed by atoms with Crippen LogP contribution in [0.5, 0.6) is 11.5 Å². The summed E-state index contributed by atoms with van der Waals surface area (Å²) in [7, 11) is 1.58. The Kier molecular flexibility index (Phi) is 5.41. The fraction of sp³-hybridized carbons (Fsp3) is 0.211. The lowest BCUT2D eigenvalue weighted by Crippen LogP contribution is -2.00. The predicted octanol–water partition coefficient (Wildman–Crippen LogP) is 4.41. The molecule has 0 bridgehead atoms. The van der Waals surface area contributed by atoms with Crippen LogP contribution in [-0.2, 0) is 0 Å². The van der Waals surface area contributed by atoms with Crippen molar-refractivity contribution in [2.75, 3.05) is 13.7 Å². The third-order valence-corrected chi connectivity index (χ3v) is 3.39. The van der Waals surface area contributed by atoms with Crippen LogP contribution >= 0.6 is 0 Å². The molecular weight excluding hydrogens is 292 g/mol. The number of carboxylic acids is 1. The summed E-state index contributed by atoms with van der Waals surface area (Å²) in [6.07, 6.45) is 0.783. The summed E-state index contributed by atoms with van der Waals surface area (Å²) >= 11 is 0. The van der Waals surface area contributed by atoms with Crippen molar-refractivity contribution in [3.63, 3.8) is 0 Å². The molecule has 0 heterocycles. The molecular formula is C19H20O4. The summed E-state index contributed by atoms with van der Waals surface area (Å²) in [5.41, 5.74) is 3.00. The molecule has 0 spiro atoms. The molecule has 0 radical (unpaired) electrons. The van der Waals surface area contributed by atoms with Crippen molar-refractivity contribution in [2.45, 2.75) is 13.3 Å². The predicted molar refractivity (Wildman–Crippen MR) is 90.3 cm³/mol. The Bertz CT molecular complexity index is 719. The van der Waals surface area contributed by atoms with Gasteiger partial charge >= 0.3 is 5.97 Å². The van der Waals surface area contributed by atoms with Crippen LogP contribution in [0.2, 0.25) is 0 Å². The van der Waals surface area contributed by atoms with Crippen molar-refractivity contribution in [3.05, 3.63) is 60.2 Å². The molecule has 2 aromatic carbocycles. The first-order chi connectivity index (χ1) is 11.0. The zero-order valence-corrected chi connectivity index (χ0v) is 13.3. The fourth-order valence-corrected chi connectivity index (χ4v) is 2.13. The average Bonchev–Trinajstić information content (AvgIpc) is 2.54. The van der Waals surface area contributed by atoms with Gasteiger partial charge in [-0.1, -0.05) is 23.8 Å². The van der Waals surface area contributed by atoms with Crippen molar-refractivity contribution in [3.8, 4) is 22.6 Å². The van der Waals surface area contributed by atoms with Crippen LogP contribution in [0.3, 0.4) is 0 Å². The standard InChI is InChI=1S/C19H20O4/c1-13(2)9-10-23-17-8-7-15(12-18(17)22-3)14-5-4-6-16(11-14)19(20)21/h4-8,11-12H,1,9-10H2,2-3H3,(H,20,21). The molecule has 2 aromatic rings. The molecule has 2 rings (SSSR count). The first kappa shape index (κ1) is 16.6.